The smallest absolute Gasteiger partial charge is 0.246 e. The average Bonchev–Trinajstić information content (AvgIpc) is 3.07. The molecule has 0 aliphatic carbocycles. The van der Waals surface area contributed by atoms with Crippen LogP contribution in [0.4, 0.5) is 10.1 Å². The second-order valence-corrected chi connectivity index (χ2v) is 7.21. The number of hydrogen-bond donors (Lipinski definition) is 1. The minimum Gasteiger partial charge on any atom is -0.356 e. The second-order valence-electron chi connectivity index (χ2n) is 6.30. The van der Waals surface area contributed by atoms with Crippen LogP contribution in [0.1, 0.15) is 5.56 Å². The lowest BCUT2D eigenvalue weighted by Crippen LogP contribution is -2.55. The zero-order valence-corrected chi connectivity index (χ0v) is 16.9. The molecular formula is C18H22BrFN6O. The molecule has 27 heavy (non-hydrogen) atoms. The Morgan fingerprint density at radius 2 is 2.22 bits per heavy atom. The van der Waals surface area contributed by atoms with Gasteiger partial charge in [-0.1, -0.05) is 15.9 Å². The van der Waals surface area contributed by atoms with E-state index in [1.807, 2.05) is 18.1 Å². The van der Waals surface area contributed by atoms with Crippen LogP contribution >= 0.6 is 15.9 Å². The highest BCUT2D eigenvalue weighted by Gasteiger charge is 2.27. The number of rotatable bonds is 4. The monoisotopic (exact) mass is 436 g/mol. The molecule has 0 spiro atoms. The number of amides is 1. The Morgan fingerprint density at radius 1 is 1.41 bits per heavy atom. The number of guanidine groups is 1. The highest BCUT2D eigenvalue weighted by Crippen LogP contribution is 2.17. The first-order valence-corrected chi connectivity index (χ1v) is 9.46. The zero-order valence-electron chi connectivity index (χ0n) is 15.3. The van der Waals surface area contributed by atoms with E-state index in [-0.39, 0.29) is 18.3 Å². The molecule has 2 heterocycles. The van der Waals surface area contributed by atoms with Crippen LogP contribution in [0.3, 0.4) is 0 Å². The lowest BCUT2D eigenvalue weighted by molar-refractivity contribution is -0.120. The van der Waals surface area contributed by atoms with E-state index in [0.29, 0.717) is 37.6 Å². The molecule has 0 unspecified atom stereocenters. The Kier molecular flexibility index (Phi) is 6.10. The molecule has 144 valence electrons. The van der Waals surface area contributed by atoms with Crippen molar-refractivity contribution in [2.24, 2.45) is 12.0 Å². The molecule has 0 atom stereocenters. The summed E-state index contributed by atoms with van der Waals surface area (Å²) in [5.74, 6) is 0.412. The fourth-order valence-corrected chi connectivity index (χ4v) is 3.46. The Morgan fingerprint density at radius 3 is 2.89 bits per heavy atom. The summed E-state index contributed by atoms with van der Waals surface area (Å²) in [4.78, 5) is 20.4. The first kappa shape index (κ1) is 19.3. The fourth-order valence-electron chi connectivity index (χ4n) is 3.05. The van der Waals surface area contributed by atoms with Crippen LogP contribution in [0.2, 0.25) is 0 Å². The van der Waals surface area contributed by atoms with Gasteiger partial charge in [0, 0.05) is 44.4 Å². The number of carbonyl (C=O) groups is 1. The Bertz CT molecular complexity index is 852. The maximum Gasteiger partial charge on any atom is 0.246 e. The first-order chi connectivity index (χ1) is 13.0. The minimum absolute atomic E-state index is 0.00441. The third kappa shape index (κ3) is 4.65. The molecule has 0 saturated carbocycles. The fraction of sp³-hybridized carbons (Fsp3) is 0.389. The molecule has 9 heteroatoms. The minimum atomic E-state index is -0.227. The molecule has 0 radical (unpaired) electrons. The Labute approximate surface area is 166 Å². The summed E-state index contributed by atoms with van der Waals surface area (Å²) in [6.45, 7) is 1.98. The van der Waals surface area contributed by atoms with Gasteiger partial charge in [0.05, 0.1) is 11.9 Å². The van der Waals surface area contributed by atoms with Gasteiger partial charge in [-0.05, 0) is 30.2 Å². The van der Waals surface area contributed by atoms with Gasteiger partial charge in [0.25, 0.3) is 0 Å². The molecule has 3 rings (SSSR count). The van der Waals surface area contributed by atoms with Gasteiger partial charge in [-0.3, -0.25) is 14.5 Å². The highest BCUT2D eigenvalue weighted by molar-refractivity contribution is 9.10. The van der Waals surface area contributed by atoms with Crippen LogP contribution in [-0.4, -0.2) is 59.8 Å². The van der Waals surface area contributed by atoms with Crippen molar-refractivity contribution < 1.29 is 9.18 Å². The molecule has 1 aromatic carbocycles. The van der Waals surface area contributed by atoms with E-state index in [0.717, 1.165) is 10.2 Å². The molecule has 1 aliphatic rings. The topological polar surface area (TPSA) is 65.8 Å². The molecule has 1 saturated heterocycles. The second kappa shape index (κ2) is 8.51. The third-order valence-corrected chi connectivity index (χ3v) is 4.91. The maximum atomic E-state index is 13.8. The van der Waals surface area contributed by atoms with Gasteiger partial charge in [0.15, 0.2) is 5.96 Å². The SMILES string of the molecule is CN=C(NCCc1cc(Br)ccc1F)N1CCN(c2cnn(C)c2)C(=O)C1. The van der Waals surface area contributed by atoms with Crippen molar-refractivity contribution in [3.8, 4) is 0 Å². The van der Waals surface area contributed by atoms with Gasteiger partial charge in [0.2, 0.25) is 5.91 Å². The van der Waals surface area contributed by atoms with Crippen LogP contribution in [0.5, 0.6) is 0 Å². The van der Waals surface area contributed by atoms with Gasteiger partial charge in [-0.2, -0.15) is 5.10 Å². The summed E-state index contributed by atoms with van der Waals surface area (Å²) in [6.07, 6.45) is 4.04. The average molecular weight is 437 g/mol. The van der Waals surface area contributed by atoms with Gasteiger partial charge in [-0.15, -0.1) is 0 Å². The van der Waals surface area contributed by atoms with E-state index in [9.17, 15) is 9.18 Å². The predicted molar refractivity (Wildman–Crippen MR) is 106 cm³/mol. The number of aliphatic imine (C=N–C) groups is 1. The molecule has 1 aromatic heterocycles. The van der Waals surface area contributed by atoms with Gasteiger partial charge >= 0.3 is 0 Å². The number of carbonyl (C=O) groups excluding carboxylic acids is 1. The largest absolute Gasteiger partial charge is 0.356 e. The lowest BCUT2D eigenvalue weighted by atomic mass is 10.1. The van der Waals surface area contributed by atoms with Crippen molar-refractivity contribution in [1.82, 2.24) is 20.0 Å². The lowest BCUT2D eigenvalue weighted by Gasteiger charge is -2.35. The molecule has 1 aliphatic heterocycles. The number of nitrogens with one attached hydrogen (secondary N) is 1. The van der Waals surface area contributed by atoms with E-state index in [1.165, 1.54) is 6.07 Å². The highest BCUT2D eigenvalue weighted by atomic mass is 79.9. The van der Waals surface area contributed by atoms with E-state index in [2.05, 4.69) is 31.3 Å². The number of anilines is 1. The predicted octanol–water partition coefficient (Wildman–Crippen LogP) is 1.79. The van der Waals surface area contributed by atoms with E-state index < -0.39 is 0 Å². The summed E-state index contributed by atoms with van der Waals surface area (Å²) in [7, 11) is 3.50. The van der Waals surface area contributed by atoms with Crippen molar-refractivity contribution in [2.45, 2.75) is 6.42 Å². The number of piperazine rings is 1. The van der Waals surface area contributed by atoms with Crippen molar-refractivity contribution in [3.05, 3.63) is 46.4 Å². The summed E-state index contributed by atoms with van der Waals surface area (Å²) in [6, 6.07) is 4.90. The van der Waals surface area contributed by atoms with E-state index in [1.54, 1.807) is 35.0 Å². The first-order valence-electron chi connectivity index (χ1n) is 8.66. The van der Waals surface area contributed by atoms with Gasteiger partial charge in [0.1, 0.15) is 12.4 Å². The van der Waals surface area contributed by atoms with Gasteiger partial charge < -0.3 is 15.1 Å². The molecule has 0 bridgehead atoms. The number of benzene rings is 1. The Balaban J connectivity index is 1.55. The normalized spacial score (nSPS) is 15.4. The summed E-state index contributed by atoms with van der Waals surface area (Å²) in [5.41, 5.74) is 1.43. The standard InChI is InChI=1S/C18H22BrFN6O/c1-21-18(22-6-5-13-9-14(19)3-4-16(13)20)25-7-8-26(17(27)12-25)15-10-23-24(2)11-15/h3-4,9-11H,5-8,12H2,1-2H3,(H,21,22). The quantitative estimate of drug-likeness (QED) is 0.585. The van der Waals surface area contributed by atoms with Crippen LogP contribution in [0.15, 0.2) is 40.1 Å². The molecule has 1 N–H and O–H groups in total. The van der Waals surface area contributed by atoms with Crippen LogP contribution in [0.25, 0.3) is 0 Å². The number of aryl methyl sites for hydroxylation is 1. The Hall–Kier alpha value is -2.42. The number of nitrogens with zero attached hydrogens (tertiary/aromatic N) is 5. The number of halogens is 2. The van der Waals surface area contributed by atoms with Crippen molar-refractivity contribution in [1.29, 1.82) is 0 Å². The number of aromatic nitrogens is 2. The maximum absolute atomic E-state index is 13.8. The molecule has 1 fully saturated rings. The molecule has 7 nitrogen and oxygen atoms in total. The molecule has 1 amide bonds. The number of hydrogen-bond acceptors (Lipinski definition) is 3. The van der Waals surface area contributed by atoms with Crippen LogP contribution in [0, 0.1) is 5.82 Å². The summed E-state index contributed by atoms with van der Waals surface area (Å²) >= 11 is 3.36. The van der Waals surface area contributed by atoms with Crippen molar-refractivity contribution in [2.75, 3.05) is 38.1 Å². The van der Waals surface area contributed by atoms with Crippen molar-refractivity contribution in [3.63, 3.8) is 0 Å². The molecule has 2 aromatic rings. The van der Waals surface area contributed by atoms with Crippen LogP contribution in [-0.2, 0) is 18.3 Å². The molecular weight excluding hydrogens is 415 g/mol. The van der Waals surface area contributed by atoms with Crippen molar-refractivity contribution >= 4 is 33.5 Å². The zero-order chi connectivity index (χ0) is 19.4. The summed E-state index contributed by atoms with van der Waals surface area (Å²) < 4.78 is 16.4. The van der Waals surface area contributed by atoms with Crippen LogP contribution < -0.4 is 10.2 Å². The van der Waals surface area contributed by atoms with E-state index in [4.69, 9.17) is 0 Å². The summed E-state index contributed by atoms with van der Waals surface area (Å²) in [5, 5.41) is 7.34. The third-order valence-electron chi connectivity index (χ3n) is 4.42. The van der Waals surface area contributed by atoms with E-state index >= 15 is 0 Å². The van der Waals surface area contributed by atoms with Gasteiger partial charge in [-0.25, -0.2) is 4.39 Å².